The number of carbonyl (C=O) groups excluding carboxylic acids is 1. The Kier molecular flexibility index (Phi) is 5.40. The van der Waals surface area contributed by atoms with Gasteiger partial charge in [0.15, 0.2) is 0 Å². The van der Waals surface area contributed by atoms with E-state index >= 15 is 0 Å². The van der Waals surface area contributed by atoms with E-state index in [2.05, 4.69) is 17.4 Å². The van der Waals surface area contributed by atoms with Gasteiger partial charge in [-0.3, -0.25) is 4.79 Å². The number of aromatic nitrogens is 1. The lowest BCUT2D eigenvalue weighted by Gasteiger charge is -2.12. The highest BCUT2D eigenvalue weighted by Crippen LogP contribution is 2.30. The molecule has 5 heteroatoms. The summed E-state index contributed by atoms with van der Waals surface area (Å²) in [6.45, 7) is 0. The van der Waals surface area contributed by atoms with Gasteiger partial charge in [-0.2, -0.15) is 0 Å². The first kappa shape index (κ1) is 18.9. The first-order valence-corrected chi connectivity index (χ1v) is 10.2. The largest absolute Gasteiger partial charge is 0.378 e. The van der Waals surface area contributed by atoms with Crippen LogP contribution in [0.3, 0.4) is 0 Å². The summed E-state index contributed by atoms with van der Waals surface area (Å²) in [5.74, 6) is -0.129. The molecule has 0 spiro atoms. The van der Waals surface area contributed by atoms with Crippen molar-refractivity contribution in [1.82, 2.24) is 4.98 Å². The van der Waals surface area contributed by atoms with Gasteiger partial charge in [0, 0.05) is 47.5 Å². The summed E-state index contributed by atoms with van der Waals surface area (Å²) in [5.41, 5.74) is 5.42. The molecule has 0 saturated heterocycles. The van der Waals surface area contributed by atoms with Gasteiger partial charge in [0.2, 0.25) is 0 Å². The van der Waals surface area contributed by atoms with Crippen LogP contribution in [-0.4, -0.2) is 25.0 Å². The van der Waals surface area contributed by atoms with E-state index in [0.717, 1.165) is 33.2 Å². The minimum absolute atomic E-state index is 0.129. The quantitative estimate of drug-likeness (QED) is 0.462. The molecule has 0 aliphatic carbocycles. The monoisotopic (exact) mass is 399 g/mol. The molecule has 1 N–H and O–H groups in total. The zero-order chi connectivity index (χ0) is 20.2. The first-order chi connectivity index (χ1) is 14.1. The minimum Gasteiger partial charge on any atom is -0.378 e. The van der Waals surface area contributed by atoms with E-state index in [-0.39, 0.29) is 5.91 Å². The number of benzene rings is 3. The molecule has 4 aromatic rings. The van der Waals surface area contributed by atoms with Crippen LogP contribution >= 0.6 is 11.3 Å². The molecule has 1 aromatic heterocycles. The number of nitrogens with zero attached hydrogens (tertiary/aromatic N) is 2. The molecule has 0 saturated carbocycles. The van der Waals surface area contributed by atoms with Crippen LogP contribution < -0.4 is 10.2 Å². The molecule has 0 bridgehead atoms. The number of nitrogens with one attached hydrogen (secondary N) is 1. The van der Waals surface area contributed by atoms with Crippen molar-refractivity contribution in [3.05, 3.63) is 89.8 Å². The Morgan fingerprint density at radius 3 is 2.34 bits per heavy atom. The van der Waals surface area contributed by atoms with Gasteiger partial charge >= 0.3 is 0 Å². The van der Waals surface area contributed by atoms with Crippen LogP contribution in [0.15, 0.2) is 84.2 Å². The fourth-order valence-electron chi connectivity index (χ4n) is 2.99. The molecular formula is C24H21N3OS. The molecule has 0 aliphatic heterocycles. The van der Waals surface area contributed by atoms with Crippen molar-refractivity contribution in [1.29, 1.82) is 0 Å². The van der Waals surface area contributed by atoms with Crippen molar-refractivity contribution < 1.29 is 4.79 Å². The number of hydrogen-bond donors (Lipinski definition) is 1. The van der Waals surface area contributed by atoms with Crippen LogP contribution in [-0.2, 0) is 0 Å². The molecule has 1 amide bonds. The van der Waals surface area contributed by atoms with E-state index in [4.69, 9.17) is 4.98 Å². The van der Waals surface area contributed by atoms with E-state index in [9.17, 15) is 4.79 Å². The molecule has 0 atom stereocenters. The first-order valence-electron chi connectivity index (χ1n) is 9.30. The number of anilines is 2. The Bertz CT molecular complexity index is 1120. The fraction of sp³-hybridized carbons (Fsp3) is 0.0833. The molecule has 0 aliphatic rings. The zero-order valence-corrected chi connectivity index (χ0v) is 17.1. The SMILES string of the molecule is CN(C)c1ccc(C(=O)Nc2cccc(-c3csc(-c4ccccc4)n3)c2)cc1. The molecule has 3 aromatic carbocycles. The smallest absolute Gasteiger partial charge is 0.255 e. The summed E-state index contributed by atoms with van der Waals surface area (Å²) in [4.78, 5) is 19.4. The second kappa shape index (κ2) is 8.29. The van der Waals surface area contributed by atoms with Gasteiger partial charge in [0.25, 0.3) is 5.91 Å². The maximum atomic E-state index is 12.6. The molecule has 0 radical (unpaired) electrons. The second-order valence-electron chi connectivity index (χ2n) is 6.88. The van der Waals surface area contributed by atoms with E-state index in [1.54, 1.807) is 11.3 Å². The van der Waals surface area contributed by atoms with Crippen molar-refractivity contribution >= 4 is 28.6 Å². The highest BCUT2D eigenvalue weighted by atomic mass is 32.1. The van der Waals surface area contributed by atoms with E-state index in [1.807, 2.05) is 91.1 Å². The van der Waals surface area contributed by atoms with E-state index < -0.39 is 0 Å². The maximum absolute atomic E-state index is 12.6. The lowest BCUT2D eigenvalue weighted by molar-refractivity contribution is 0.102. The average molecular weight is 400 g/mol. The van der Waals surface area contributed by atoms with Crippen molar-refractivity contribution in [3.8, 4) is 21.8 Å². The molecule has 1 heterocycles. The summed E-state index contributed by atoms with van der Waals surface area (Å²) in [7, 11) is 3.95. The molecule has 144 valence electrons. The van der Waals surface area contributed by atoms with Gasteiger partial charge in [0.1, 0.15) is 5.01 Å². The lowest BCUT2D eigenvalue weighted by Crippen LogP contribution is -2.13. The third-order valence-corrected chi connectivity index (χ3v) is 5.48. The highest BCUT2D eigenvalue weighted by molar-refractivity contribution is 7.13. The van der Waals surface area contributed by atoms with Gasteiger partial charge in [-0.15, -0.1) is 11.3 Å². The van der Waals surface area contributed by atoms with Crippen molar-refractivity contribution in [2.45, 2.75) is 0 Å². The molecule has 4 nitrogen and oxygen atoms in total. The Hall–Kier alpha value is -3.44. The third-order valence-electron chi connectivity index (χ3n) is 4.59. The van der Waals surface area contributed by atoms with Gasteiger partial charge < -0.3 is 10.2 Å². The van der Waals surface area contributed by atoms with Crippen LogP contribution in [0.2, 0.25) is 0 Å². The number of hydrogen-bond acceptors (Lipinski definition) is 4. The van der Waals surface area contributed by atoms with Crippen molar-refractivity contribution in [3.63, 3.8) is 0 Å². The lowest BCUT2D eigenvalue weighted by atomic mass is 10.1. The van der Waals surface area contributed by atoms with Crippen molar-refractivity contribution in [2.75, 3.05) is 24.3 Å². The number of carbonyl (C=O) groups is 1. The predicted octanol–water partition coefficient (Wildman–Crippen LogP) is 5.80. The predicted molar refractivity (Wildman–Crippen MR) is 122 cm³/mol. The standard InChI is InChI=1S/C24H21N3OS/c1-27(2)21-13-11-17(12-14-21)23(28)25-20-10-6-9-19(15-20)22-16-29-24(26-22)18-7-4-3-5-8-18/h3-16H,1-2H3,(H,25,28). The van der Waals surface area contributed by atoms with Gasteiger partial charge in [-0.1, -0.05) is 42.5 Å². The number of rotatable bonds is 5. The number of thiazole rings is 1. The number of amides is 1. The Balaban J connectivity index is 1.52. The van der Waals surface area contributed by atoms with Crippen LogP contribution in [0.1, 0.15) is 10.4 Å². The topological polar surface area (TPSA) is 45.2 Å². The van der Waals surface area contributed by atoms with Crippen LogP contribution in [0, 0.1) is 0 Å². The van der Waals surface area contributed by atoms with Gasteiger partial charge in [-0.05, 0) is 36.4 Å². The second-order valence-corrected chi connectivity index (χ2v) is 7.74. The Labute approximate surface area is 174 Å². The summed E-state index contributed by atoms with van der Waals surface area (Å²) < 4.78 is 0. The van der Waals surface area contributed by atoms with E-state index in [0.29, 0.717) is 5.56 Å². The van der Waals surface area contributed by atoms with Crippen molar-refractivity contribution in [2.24, 2.45) is 0 Å². The Morgan fingerprint density at radius 1 is 0.897 bits per heavy atom. The minimum atomic E-state index is -0.129. The van der Waals surface area contributed by atoms with E-state index in [1.165, 1.54) is 0 Å². The van der Waals surface area contributed by atoms with Crippen LogP contribution in [0.5, 0.6) is 0 Å². The summed E-state index contributed by atoms with van der Waals surface area (Å²) in [5, 5.41) is 6.01. The maximum Gasteiger partial charge on any atom is 0.255 e. The van der Waals surface area contributed by atoms with Gasteiger partial charge in [-0.25, -0.2) is 4.98 Å². The third kappa shape index (κ3) is 4.36. The zero-order valence-electron chi connectivity index (χ0n) is 16.3. The molecule has 0 fully saturated rings. The molecule has 4 rings (SSSR count). The Morgan fingerprint density at radius 2 is 1.62 bits per heavy atom. The summed E-state index contributed by atoms with van der Waals surface area (Å²) in [6.07, 6.45) is 0. The normalized spacial score (nSPS) is 10.6. The molecule has 29 heavy (non-hydrogen) atoms. The average Bonchev–Trinajstić information content (AvgIpc) is 3.25. The molecule has 0 unspecified atom stereocenters. The molecular weight excluding hydrogens is 378 g/mol. The van der Waals surface area contributed by atoms with Crippen LogP contribution in [0.4, 0.5) is 11.4 Å². The fourth-order valence-corrected chi connectivity index (χ4v) is 3.83. The van der Waals surface area contributed by atoms with Gasteiger partial charge in [0.05, 0.1) is 5.69 Å². The van der Waals surface area contributed by atoms with Crippen LogP contribution in [0.25, 0.3) is 21.8 Å². The highest BCUT2D eigenvalue weighted by Gasteiger charge is 2.10. The summed E-state index contributed by atoms with van der Waals surface area (Å²) in [6, 6.07) is 25.5. The summed E-state index contributed by atoms with van der Waals surface area (Å²) >= 11 is 1.62.